The molecule has 0 bridgehead atoms. The normalized spacial score (nSPS) is 12.2. The highest BCUT2D eigenvalue weighted by molar-refractivity contribution is 5.63. The van der Waals surface area contributed by atoms with E-state index in [-0.39, 0.29) is 16.7 Å². The summed E-state index contributed by atoms with van der Waals surface area (Å²) in [6.07, 6.45) is 1.90. The van der Waals surface area contributed by atoms with E-state index in [0.717, 1.165) is 18.4 Å². The summed E-state index contributed by atoms with van der Waals surface area (Å²) in [4.78, 5) is 10.6. The van der Waals surface area contributed by atoms with Gasteiger partial charge in [0.2, 0.25) is 0 Å². The predicted molar refractivity (Wildman–Crippen MR) is 69.2 cm³/mol. The number of benzene rings is 1. The fourth-order valence-electron chi connectivity index (χ4n) is 1.73. The van der Waals surface area contributed by atoms with Crippen LogP contribution in [0.25, 0.3) is 0 Å². The number of nitro groups is 1. The molecule has 1 rings (SSSR count). The summed E-state index contributed by atoms with van der Waals surface area (Å²) in [5.74, 6) is 0. The molecule has 0 fully saturated rings. The van der Waals surface area contributed by atoms with Crippen LogP contribution in [0, 0.1) is 17.0 Å². The monoisotopic (exact) mass is 237 g/mol. The number of rotatable bonds is 6. The van der Waals surface area contributed by atoms with E-state index in [1.807, 2.05) is 13.0 Å². The van der Waals surface area contributed by atoms with Crippen molar-refractivity contribution in [2.75, 3.05) is 11.9 Å². The third-order valence-corrected chi connectivity index (χ3v) is 2.63. The molecular formula is C12H19N3O2. The number of nitrogens with two attached hydrogens (primary N) is 1. The second-order valence-electron chi connectivity index (χ2n) is 4.14. The van der Waals surface area contributed by atoms with E-state index in [4.69, 9.17) is 5.73 Å². The quantitative estimate of drug-likeness (QED) is 0.588. The Hall–Kier alpha value is -1.62. The molecule has 0 heterocycles. The summed E-state index contributed by atoms with van der Waals surface area (Å²) >= 11 is 0. The zero-order valence-electron chi connectivity index (χ0n) is 10.3. The second-order valence-corrected chi connectivity index (χ2v) is 4.14. The molecule has 0 aliphatic rings. The molecule has 0 saturated carbocycles. The lowest BCUT2D eigenvalue weighted by Gasteiger charge is -2.17. The molecule has 5 nitrogen and oxygen atoms in total. The van der Waals surface area contributed by atoms with E-state index in [1.54, 1.807) is 12.1 Å². The Morgan fingerprint density at radius 3 is 2.76 bits per heavy atom. The van der Waals surface area contributed by atoms with Gasteiger partial charge < -0.3 is 11.1 Å². The van der Waals surface area contributed by atoms with Crippen LogP contribution >= 0.6 is 0 Å². The molecule has 0 saturated heterocycles. The van der Waals surface area contributed by atoms with Gasteiger partial charge in [-0.05, 0) is 25.0 Å². The minimum absolute atomic E-state index is 0.0846. The van der Waals surface area contributed by atoms with Gasteiger partial charge in [0, 0.05) is 18.7 Å². The predicted octanol–water partition coefficient (Wildman–Crippen LogP) is 2.44. The summed E-state index contributed by atoms with van der Waals surface area (Å²) < 4.78 is 0. The highest BCUT2D eigenvalue weighted by Crippen LogP contribution is 2.26. The van der Waals surface area contributed by atoms with Gasteiger partial charge in [0.25, 0.3) is 5.69 Å². The van der Waals surface area contributed by atoms with Gasteiger partial charge in [0.1, 0.15) is 5.69 Å². The van der Waals surface area contributed by atoms with E-state index >= 15 is 0 Å². The van der Waals surface area contributed by atoms with Gasteiger partial charge in [-0.3, -0.25) is 10.1 Å². The topological polar surface area (TPSA) is 81.2 Å². The molecule has 3 N–H and O–H groups in total. The first-order valence-corrected chi connectivity index (χ1v) is 5.80. The maximum absolute atomic E-state index is 10.9. The van der Waals surface area contributed by atoms with Gasteiger partial charge in [-0.1, -0.05) is 19.4 Å². The molecule has 1 aromatic rings. The van der Waals surface area contributed by atoms with Gasteiger partial charge in [-0.15, -0.1) is 0 Å². The Morgan fingerprint density at radius 2 is 2.24 bits per heavy atom. The van der Waals surface area contributed by atoms with Gasteiger partial charge in [-0.25, -0.2) is 0 Å². The maximum Gasteiger partial charge on any atom is 0.292 e. The lowest BCUT2D eigenvalue weighted by Crippen LogP contribution is -2.28. The Kier molecular flexibility index (Phi) is 4.90. The maximum atomic E-state index is 10.9. The molecule has 0 aromatic heterocycles. The molecule has 5 heteroatoms. The zero-order chi connectivity index (χ0) is 12.8. The lowest BCUT2D eigenvalue weighted by atomic mass is 10.1. The SMILES string of the molecule is CCCC(CN)Nc1ccc(C)cc1[N+](=O)[O-]. The van der Waals surface area contributed by atoms with Gasteiger partial charge >= 0.3 is 0 Å². The first-order chi connectivity index (χ1) is 8.08. The molecule has 0 aliphatic carbocycles. The number of hydrogen-bond donors (Lipinski definition) is 2. The van der Waals surface area contributed by atoms with Crippen LogP contribution in [0.15, 0.2) is 18.2 Å². The lowest BCUT2D eigenvalue weighted by molar-refractivity contribution is -0.384. The van der Waals surface area contributed by atoms with Crippen molar-refractivity contribution in [2.45, 2.75) is 32.7 Å². The van der Waals surface area contributed by atoms with Crippen LogP contribution in [-0.2, 0) is 0 Å². The van der Waals surface area contributed by atoms with Crippen molar-refractivity contribution in [3.8, 4) is 0 Å². The molecule has 0 spiro atoms. The average Bonchev–Trinajstić information content (AvgIpc) is 2.30. The van der Waals surface area contributed by atoms with E-state index in [0.29, 0.717) is 12.2 Å². The van der Waals surface area contributed by atoms with E-state index in [1.165, 1.54) is 0 Å². The Morgan fingerprint density at radius 1 is 1.53 bits per heavy atom. The van der Waals surface area contributed by atoms with Gasteiger partial charge in [0.15, 0.2) is 0 Å². The van der Waals surface area contributed by atoms with E-state index in [2.05, 4.69) is 12.2 Å². The summed E-state index contributed by atoms with van der Waals surface area (Å²) in [6, 6.07) is 5.25. The third kappa shape index (κ3) is 3.71. The largest absolute Gasteiger partial charge is 0.375 e. The van der Waals surface area contributed by atoms with E-state index < -0.39 is 0 Å². The van der Waals surface area contributed by atoms with Crippen LogP contribution in [0.3, 0.4) is 0 Å². The van der Waals surface area contributed by atoms with Crippen LogP contribution in [-0.4, -0.2) is 17.5 Å². The van der Waals surface area contributed by atoms with Crippen LogP contribution in [0.2, 0.25) is 0 Å². The van der Waals surface area contributed by atoms with Crippen molar-refractivity contribution < 1.29 is 4.92 Å². The van der Waals surface area contributed by atoms with Crippen molar-refractivity contribution in [3.63, 3.8) is 0 Å². The molecule has 17 heavy (non-hydrogen) atoms. The van der Waals surface area contributed by atoms with Crippen LogP contribution in [0.1, 0.15) is 25.3 Å². The molecule has 0 amide bonds. The molecule has 1 atom stereocenters. The van der Waals surface area contributed by atoms with Crippen molar-refractivity contribution in [3.05, 3.63) is 33.9 Å². The average molecular weight is 237 g/mol. The fraction of sp³-hybridized carbons (Fsp3) is 0.500. The highest BCUT2D eigenvalue weighted by Gasteiger charge is 2.16. The number of nitrogens with zero attached hydrogens (tertiary/aromatic N) is 1. The summed E-state index contributed by atoms with van der Waals surface area (Å²) in [5, 5.41) is 14.1. The summed E-state index contributed by atoms with van der Waals surface area (Å²) in [5.41, 5.74) is 7.16. The molecule has 94 valence electrons. The highest BCUT2D eigenvalue weighted by atomic mass is 16.6. The van der Waals surface area contributed by atoms with Crippen molar-refractivity contribution in [1.29, 1.82) is 0 Å². The zero-order valence-corrected chi connectivity index (χ0v) is 10.3. The molecule has 0 radical (unpaired) electrons. The molecular weight excluding hydrogens is 218 g/mol. The van der Waals surface area contributed by atoms with E-state index in [9.17, 15) is 10.1 Å². The number of nitro benzene ring substituents is 1. The molecule has 1 unspecified atom stereocenters. The third-order valence-electron chi connectivity index (χ3n) is 2.63. The fourth-order valence-corrected chi connectivity index (χ4v) is 1.73. The Bertz CT molecular complexity index is 393. The number of hydrogen-bond acceptors (Lipinski definition) is 4. The number of anilines is 1. The smallest absolute Gasteiger partial charge is 0.292 e. The Balaban J connectivity index is 2.92. The first kappa shape index (κ1) is 13.4. The molecule has 1 aromatic carbocycles. The van der Waals surface area contributed by atoms with Gasteiger partial charge in [0.05, 0.1) is 4.92 Å². The Labute approximate surface area is 101 Å². The summed E-state index contributed by atoms with van der Waals surface area (Å²) in [6.45, 7) is 4.37. The second kappa shape index (κ2) is 6.20. The standard InChI is InChI=1S/C12H19N3O2/c1-3-4-10(8-13)14-11-6-5-9(2)7-12(11)15(16)17/h5-7,10,14H,3-4,8,13H2,1-2H3. The minimum atomic E-state index is -0.366. The van der Waals surface area contributed by atoms with Crippen molar-refractivity contribution >= 4 is 11.4 Å². The first-order valence-electron chi connectivity index (χ1n) is 5.80. The van der Waals surface area contributed by atoms with Crippen molar-refractivity contribution in [2.24, 2.45) is 5.73 Å². The number of nitrogens with one attached hydrogen (secondary N) is 1. The van der Waals surface area contributed by atoms with Crippen LogP contribution in [0.4, 0.5) is 11.4 Å². The van der Waals surface area contributed by atoms with Gasteiger partial charge in [-0.2, -0.15) is 0 Å². The molecule has 0 aliphatic heterocycles. The van der Waals surface area contributed by atoms with Crippen LogP contribution in [0.5, 0.6) is 0 Å². The van der Waals surface area contributed by atoms with Crippen molar-refractivity contribution in [1.82, 2.24) is 0 Å². The number of aryl methyl sites for hydroxylation is 1. The van der Waals surface area contributed by atoms with Crippen LogP contribution < -0.4 is 11.1 Å². The minimum Gasteiger partial charge on any atom is -0.375 e. The summed E-state index contributed by atoms with van der Waals surface area (Å²) in [7, 11) is 0.